The molecule has 0 spiro atoms. The average molecular weight is 205 g/mol. The zero-order chi connectivity index (χ0) is 11.1. The zero-order valence-corrected chi connectivity index (χ0v) is 8.99. The predicted octanol–water partition coefficient (Wildman–Crippen LogP) is 0.758. The third-order valence-corrected chi connectivity index (χ3v) is 1.75. The first-order valence-electron chi connectivity index (χ1n) is 4.92. The number of anilines is 1. The van der Waals surface area contributed by atoms with Crippen molar-refractivity contribution >= 4 is 5.82 Å². The summed E-state index contributed by atoms with van der Waals surface area (Å²) in [5.74, 6) is 0.694. The largest absolute Gasteiger partial charge is 0.368 e. The smallest absolute Gasteiger partial charge is 0.158 e. The molecule has 1 aromatic rings. The van der Waals surface area contributed by atoms with Crippen LogP contribution in [0.3, 0.4) is 0 Å². The van der Waals surface area contributed by atoms with Gasteiger partial charge in [-0.05, 0) is 0 Å². The van der Waals surface area contributed by atoms with Crippen LogP contribution in [0.15, 0.2) is 12.4 Å². The summed E-state index contributed by atoms with van der Waals surface area (Å²) in [6, 6.07) is 2.41. The van der Waals surface area contributed by atoms with Crippen molar-refractivity contribution in [3.8, 4) is 6.07 Å². The molecule has 0 aliphatic heterocycles. The first-order valence-corrected chi connectivity index (χ1v) is 4.92. The summed E-state index contributed by atoms with van der Waals surface area (Å²) >= 11 is 0. The van der Waals surface area contributed by atoms with Gasteiger partial charge in [0.25, 0.3) is 0 Å². The second-order valence-corrected chi connectivity index (χ2v) is 3.43. The molecule has 0 aliphatic rings. The van der Waals surface area contributed by atoms with E-state index in [4.69, 9.17) is 5.26 Å². The normalized spacial score (nSPS) is 10.0. The van der Waals surface area contributed by atoms with E-state index >= 15 is 0 Å². The van der Waals surface area contributed by atoms with Gasteiger partial charge in [-0.25, -0.2) is 9.97 Å². The Kier molecular flexibility index (Phi) is 4.51. The monoisotopic (exact) mass is 205 g/mol. The van der Waals surface area contributed by atoms with Crippen molar-refractivity contribution in [2.75, 3.05) is 18.4 Å². The van der Waals surface area contributed by atoms with E-state index in [0.29, 0.717) is 17.6 Å². The average Bonchev–Trinajstić information content (AvgIpc) is 2.25. The van der Waals surface area contributed by atoms with Gasteiger partial charge in [-0.15, -0.1) is 0 Å². The maximum atomic E-state index is 8.52. The number of aromatic nitrogens is 2. The Morgan fingerprint density at radius 3 is 2.67 bits per heavy atom. The van der Waals surface area contributed by atoms with E-state index in [0.717, 1.165) is 13.1 Å². The maximum absolute atomic E-state index is 8.52. The molecule has 5 heteroatoms. The Morgan fingerprint density at radius 1 is 1.33 bits per heavy atom. The Morgan fingerprint density at radius 2 is 2.13 bits per heavy atom. The first-order chi connectivity index (χ1) is 7.22. The van der Waals surface area contributed by atoms with Crippen LogP contribution in [0.2, 0.25) is 0 Å². The van der Waals surface area contributed by atoms with E-state index in [9.17, 15) is 0 Å². The van der Waals surface area contributed by atoms with Crippen LogP contribution in [-0.4, -0.2) is 29.1 Å². The molecule has 0 atom stereocenters. The minimum Gasteiger partial charge on any atom is -0.368 e. The molecule has 1 aromatic heterocycles. The lowest BCUT2D eigenvalue weighted by Gasteiger charge is -2.08. The minimum atomic E-state index is 0.334. The van der Waals surface area contributed by atoms with Crippen LogP contribution < -0.4 is 10.6 Å². The van der Waals surface area contributed by atoms with Crippen molar-refractivity contribution in [3.05, 3.63) is 18.1 Å². The summed E-state index contributed by atoms with van der Waals surface area (Å²) in [5.41, 5.74) is 0.334. The Hall–Kier alpha value is -1.67. The molecule has 15 heavy (non-hydrogen) atoms. The Bertz CT molecular complexity index is 325. The van der Waals surface area contributed by atoms with Gasteiger partial charge in [0.2, 0.25) is 0 Å². The highest BCUT2D eigenvalue weighted by molar-refractivity contribution is 5.32. The number of hydrogen-bond acceptors (Lipinski definition) is 5. The summed E-state index contributed by atoms with van der Waals surface area (Å²) < 4.78 is 0. The molecular formula is C10H15N5. The van der Waals surface area contributed by atoms with Gasteiger partial charge in [-0.1, -0.05) is 13.8 Å². The molecule has 0 unspecified atom stereocenters. The zero-order valence-electron chi connectivity index (χ0n) is 8.99. The van der Waals surface area contributed by atoms with Crippen LogP contribution in [0.4, 0.5) is 5.82 Å². The lowest BCUT2D eigenvalue weighted by Crippen LogP contribution is -2.28. The van der Waals surface area contributed by atoms with Gasteiger partial charge in [0.1, 0.15) is 11.9 Å². The molecule has 0 saturated heterocycles. The van der Waals surface area contributed by atoms with Crippen molar-refractivity contribution in [1.82, 2.24) is 15.3 Å². The van der Waals surface area contributed by atoms with Gasteiger partial charge >= 0.3 is 0 Å². The number of nitrogens with one attached hydrogen (secondary N) is 2. The van der Waals surface area contributed by atoms with Gasteiger partial charge in [-0.2, -0.15) is 5.26 Å². The van der Waals surface area contributed by atoms with Crippen molar-refractivity contribution in [2.45, 2.75) is 19.9 Å². The van der Waals surface area contributed by atoms with Gasteiger partial charge < -0.3 is 10.6 Å². The van der Waals surface area contributed by atoms with Gasteiger partial charge in [0.05, 0.1) is 12.4 Å². The second kappa shape index (κ2) is 5.94. The number of rotatable bonds is 5. The van der Waals surface area contributed by atoms with Crippen LogP contribution in [0.25, 0.3) is 0 Å². The highest BCUT2D eigenvalue weighted by atomic mass is 15.0. The van der Waals surface area contributed by atoms with Crippen molar-refractivity contribution < 1.29 is 0 Å². The molecule has 1 heterocycles. The van der Waals surface area contributed by atoms with E-state index < -0.39 is 0 Å². The molecule has 0 bridgehead atoms. The van der Waals surface area contributed by atoms with Crippen molar-refractivity contribution in [3.63, 3.8) is 0 Å². The standard InChI is InChI=1S/C10H15N5/c1-8(2)12-3-4-13-10-7-14-9(5-11)6-15-10/h6-8,12H,3-4H2,1-2H3,(H,13,15). The fraction of sp³-hybridized carbons (Fsp3) is 0.500. The van der Waals surface area contributed by atoms with E-state index in [-0.39, 0.29) is 0 Å². The van der Waals surface area contributed by atoms with Gasteiger partial charge in [-0.3, -0.25) is 0 Å². The number of hydrogen-bond donors (Lipinski definition) is 2. The summed E-state index contributed by atoms with van der Waals surface area (Å²) in [6.07, 6.45) is 3.02. The van der Waals surface area contributed by atoms with E-state index in [1.54, 1.807) is 6.20 Å². The molecule has 0 aliphatic carbocycles. The third-order valence-electron chi connectivity index (χ3n) is 1.75. The highest BCUT2D eigenvalue weighted by Crippen LogP contribution is 1.98. The fourth-order valence-corrected chi connectivity index (χ4v) is 1.03. The Balaban J connectivity index is 2.29. The van der Waals surface area contributed by atoms with Crippen LogP contribution in [0.5, 0.6) is 0 Å². The molecule has 0 radical (unpaired) electrons. The fourth-order valence-electron chi connectivity index (χ4n) is 1.03. The molecule has 80 valence electrons. The second-order valence-electron chi connectivity index (χ2n) is 3.43. The first kappa shape index (κ1) is 11.4. The van der Waals surface area contributed by atoms with Crippen molar-refractivity contribution in [2.24, 2.45) is 0 Å². The number of nitrogens with zero attached hydrogens (tertiary/aromatic N) is 3. The quantitative estimate of drug-likeness (QED) is 0.694. The van der Waals surface area contributed by atoms with Gasteiger partial charge in [0.15, 0.2) is 5.69 Å². The summed E-state index contributed by atoms with van der Waals surface area (Å²) in [5, 5.41) is 14.9. The van der Waals surface area contributed by atoms with Crippen LogP contribution in [0, 0.1) is 11.3 Å². The number of nitriles is 1. The van der Waals surface area contributed by atoms with Crippen molar-refractivity contribution in [1.29, 1.82) is 5.26 Å². The molecule has 0 amide bonds. The molecule has 1 rings (SSSR count). The van der Waals surface area contributed by atoms with Crippen LogP contribution in [-0.2, 0) is 0 Å². The topological polar surface area (TPSA) is 73.6 Å². The summed E-state index contributed by atoms with van der Waals surface area (Å²) in [4.78, 5) is 7.95. The predicted molar refractivity (Wildman–Crippen MR) is 58.4 cm³/mol. The van der Waals surface area contributed by atoms with E-state index in [1.807, 2.05) is 6.07 Å². The van der Waals surface area contributed by atoms with E-state index in [2.05, 4.69) is 34.4 Å². The summed E-state index contributed by atoms with van der Waals surface area (Å²) in [6.45, 7) is 5.86. The van der Waals surface area contributed by atoms with Crippen LogP contribution in [0.1, 0.15) is 19.5 Å². The molecular weight excluding hydrogens is 190 g/mol. The Labute approximate surface area is 89.6 Å². The lowest BCUT2D eigenvalue weighted by atomic mass is 10.4. The minimum absolute atomic E-state index is 0.334. The maximum Gasteiger partial charge on any atom is 0.158 e. The van der Waals surface area contributed by atoms with E-state index in [1.165, 1.54) is 6.20 Å². The lowest BCUT2D eigenvalue weighted by molar-refractivity contribution is 0.602. The summed E-state index contributed by atoms with van der Waals surface area (Å²) in [7, 11) is 0. The van der Waals surface area contributed by atoms with Gasteiger partial charge in [0, 0.05) is 19.1 Å². The molecule has 0 saturated carbocycles. The SMILES string of the molecule is CC(C)NCCNc1cnc(C#N)cn1. The van der Waals surface area contributed by atoms with Crippen LogP contribution >= 0.6 is 0 Å². The molecule has 2 N–H and O–H groups in total. The molecule has 5 nitrogen and oxygen atoms in total. The third kappa shape index (κ3) is 4.38. The highest BCUT2D eigenvalue weighted by Gasteiger charge is 1.96. The molecule has 0 aromatic carbocycles. The molecule has 0 fully saturated rings.